The molecule has 3 N–H and O–H groups in total. The van der Waals surface area contributed by atoms with Gasteiger partial charge in [0.2, 0.25) is 0 Å². The first-order valence-electron chi connectivity index (χ1n) is 6.48. The molecular formula is C14H18Cl2N2O. The molecule has 19 heavy (non-hydrogen) atoms. The minimum atomic E-state index is -0.205. The third-order valence-corrected chi connectivity index (χ3v) is 4.47. The lowest BCUT2D eigenvalue weighted by atomic mass is 9.83. The highest BCUT2D eigenvalue weighted by Gasteiger charge is 2.29. The number of rotatable bonds is 2. The molecule has 104 valence electrons. The van der Waals surface area contributed by atoms with Gasteiger partial charge < -0.3 is 11.1 Å². The van der Waals surface area contributed by atoms with Crippen molar-refractivity contribution in [2.75, 3.05) is 5.73 Å². The molecular weight excluding hydrogens is 283 g/mol. The number of carbonyl (C=O) groups excluding carboxylic acids is 1. The number of nitrogens with one attached hydrogen (secondary N) is 1. The molecule has 0 unspecified atom stereocenters. The van der Waals surface area contributed by atoms with E-state index in [4.69, 9.17) is 28.9 Å². The summed E-state index contributed by atoms with van der Waals surface area (Å²) in [6.07, 6.45) is 5.50. The Hall–Kier alpha value is -0.930. The van der Waals surface area contributed by atoms with Gasteiger partial charge in [-0.15, -0.1) is 0 Å². The Bertz CT molecular complexity index is 496. The number of amides is 1. The topological polar surface area (TPSA) is 55.1 Å². The fourth-order valence-electron chi connectivity index (χ4n) is 2.57. The van der Waals surface area contributed by atoms with Crippen molar-refractivity contribution >= 4 is 34.8 Å². The molecule has 2 rings (SSSR count). The first-order chi connectivity index (χ1) is 8.91. The number of nitrogens with two attached hydrogens (primary N) is 1. The molecule has 1 aromatic rings. The molecule has 0 radical (unpaired) electrons. The number of nitrogen functional groups attached to an aromatic ring is 1. The maximum atomic E-state index is 12.3. The maximum absolute atomic E-state index is 12.3. The van der Waals surface area contributed by atoms with Gasteiger partial charge in [-0.25, -0.2) is 0 Å². The lowest BCUT2D eigenvalue weighted by Crippen LogP contribution is -2.47. The fourth-order valence-corrected chi connectivity index (χ4v) is 3.00. The van der Waals surface area contributed by atoms with Gasteiger partial charge in [0.1, 0.15) is 0 Å². The van der Waals surface area contributed by atoms with Gasteiger partial charge in [0.15, 0.2) is 0 Å². The standard InChI is InChI=1S/C14H18Cl2N2O/c1-14(5-3-2-4-6-14)18-13(19)10-7-9(17)8-11(15)12(10)16/h7-8H,2-6,17H2,1H3,(H,18,19). The predicted octanol–water partition coefficient (Wildman–Crippen LogP) is 4.03. The molecule has 0 saturated heterocycles. The lowest BCUT2D eigenvalue weighted by molar-refractivity contribution is 0.0883. The third kappa shape index (κ3) is 3.34. The molecule has 1 amide bonds. The van der Waals surface area contributed by atoms with E-state index in [0.717, 1.165) is 25.7 Å². The maximum Gasteiger partial charge on any atom is 0.253 e. The zero-order chi connectivity index (χ0) is 14.0. The van der Waals surface area contributed by atoms with Crippen LogP contribution in [0.3, 0.4) is 0 Å². The molecule has 1 aliphatic carbocycles. The molecule has 5 heteroatoms. The third-order valence-electron chi connectivity index (χ3n) is 3.67. The van der Waals surface area contributed by atoms with E-state index in [1.165, 1.54) is 6.42 Å². The van der Waals surface area contributed by atoms with Gasteiger partial charge in [-0.2, -0.15) is 0 Å². The number of hydrogen-bond donors (Lipinski definition) is 2. The van der Waals surface area contributed by atoms with Gasteiger partial charge in [0.05, 0.1) is 15.6 Å². The second-order valence-electron chi connectivity index (χ2n) is 5.44. The highest BCUT2D eigenvalue weighted by Crippen LogP contribution is 2.31. The first-order valence-corrected chi connectivity index (χ1v) is 7.24. The van der Waals surface area contributed by atoms with Crippen molar-refractivity contribution in [1.29, 1.82) is 0 Å². The fraction of sp³-hybridized carbons (Fsp3) is 0.500. The van der Waals surface area contributed by atoms with Crippen LogP contribution >= 0.6 is 23.2 Å². The van der Waals surface area contributed by atoms with E-state index in [0.29, 0.717) is 16.3 Å². The summed E-state index contributed by atoms with van der Waals surface area (Å²) in [7, 11) is 0. The summed E-state index contributed by atoms with van der Waals surface area (Å²) in [5, 5.41) is 3.63. The number of benzene rings is 1. The molecule has 0 aliphatic heterocycles. The van der Waals surface area contributed by atoms with Crippen molar-refractivity contribution in [2.24, 2.45) is 0 Å². The van der Waals surface area contributed by atoms with Gasteiger partial charge in [-0.05, 0) is 31.9 Å². The van der Waals surface area contributed by atoms with Crippen LogP contribution in [0.15, 0.2) is 12.1 Å². The van der Waals surface area contributed by atoms with Crippen LogP contribution in [0, 0.1) is 0 Å². The Morgan fingerprint density at radius 1 is 1.26 bits per heavy atom. The van der Waals surface area contributed by atoms with Crippen LogP contribution in [0.2, 0.25) is 10.0 Å². The Kier molecular flexibility index (Phi) is 4.26. The monoisotopic (exact) mass is 300 g/mol. The van der Waals surface area contributed by atoms with Crippen molar-refractivity contribution < 1.29 is 4.79 Å². The van der Waals surface area contributed by atoms with Crippen molar-refractivity contribution in [1.82, 2.24) is 5.32 Å². The average molecular weight is 301 g/mol. The molecule has 1 aromatic carbocycles. The zero-order valence-corrected chi connectivity index (χ0v) is 12.4. The van der Waals surface area contributed by atoms with Crippen LogP contribution in [0.5, 0.6) is 0 Å². The number of anilines is 1. The Morgan fingerprint density at radius 3 is 2.53 bits per heavy atom. The Morgan fingerprint density at radius 2 is 1.89 bits per heavy atom. The molecule has 1 aliphatic rings. The van der Waals surface area contributed by atoms with Gasteiger partial charge in [-0.3, -0.25) is 4.79 Å². The Labute approximate surface area is 123 Å². The van der Waals surface area contributed by atoms with E-state index < -0.39 is 0 Å². The van der Waals surface area contributed by atoms with E-state index in [1.807, 2.05) is 0 Å². The van der Waals surface area contributed by atoms with Gasteiger partial charge in [0, 0.05) is 11.2 Å². The van der Waals surface area contributed by atoms with Crippen LogP contribution in [0.1, 0.15) is 49.4 Å². The smallest absolute Gasteiger partial charge is 0.253 e. The lowest BCUT2D eigenvalue weighted by Gasteiger charge is -2.34. The predicted molar refractivity (Wildman–Crippen MR) is 79.8 cm³/mol. The van der Waals surface area contributed by atoms with Gasteiger partial charge >= 0.3 is 0 Å². The summed E-state index contributed by atoms with van der Waals surface area (Å²) in [6.45, 7) is 2.08. The summed E-state index contributed by atoms with van der Waals surface area (Å²) in [6, 6.07) is 3.11. The van der Waals surface area contributed by atoms with E-state index in [2.05, 4.69) is 12.2 Å². The number of halogens is 2. The largest absolute Gasteiger partial charge is 0.399 e. The normalized spacial score (nSPS) is 18.1. The quantitative estimate of drug-likeness (QED) is 0.810. The minimum Gasteiger partial charge on any atom is -0.399 e. The first kappa shape index (κ1) is 14.5. The van der Waals surface area contributed by atoms with Crippen molar-refractivity contribution in [3.63, 3.8) is 0 Å². The van der Waals surface area contributed by atoms with Crippen LogP contribution < -0.4 is 11.1 Å². The highest BCUT2D eigenvalue weighted by molar-refractivity contribution is 6.44. The SMILES string of the molecule is CC1(NC(=O)c2cc(N)cc(Cl)c2Cl)CCCCC1. The molecule has 3 nitrogen and oxygen atoms in total. The zero-order valence-electron chi connectivity index (χ0n) is 10.9. The summed E-state index contributed by atoms with van der Waals surface area (Å²) in [4.78, 5) is 12.3. The molecule has 0 bridgehead atoms. The molecule has 0 atom stereocenters. The van der Waals surface area contributed by atoms with Gasteiger partial charge in [-0.1, -0.05) is 42.5 Å². The molecule has 0 heterocycles. The summed E-state index contributed by atoms with van der Waals surface area (Å²) in [5.41, 5.74) is 6.34. The van der Waals surface area contributed by atoms with Crippen LogP contribution in [-0.2, 0) is 0 Å². The summed E-state index contributed by atoms with van der Waals surface area (Å²) >= 11 is 12.0. The number of hydrogen-bond acceptors (Lipinski definition) is 2. The molecule has 0 aromatic heterocycles. The second kappa shape index (κ2) is 5.59. The molecule has 1 fully saturated rings. The second-order valence-corrected chi connectivity index (χ2v) is 6.22. The van der Waals surface area contributed by atoms with E-state index in [-0.39, 0.29) is 16.5 Å². The minimum absolute atomic E-state index is 0.157. The summed E-state index contributed by atoms with van der Waals surface area (Å²) in [5.74, 6) is -0.205. The van der Waals surface area contributed by atoms with Crippen LogP contribution in [-0.4, -0.2) is 11.4 Å². The van der Waals surface area contributed by atoms with Crippen molar-refractivity contribution in [2.45, 2.75) is 44.6 Å². The van der Waals surface area contributed by atoms with Crippen LogP contribution in [0.25, 0.3) is 0 Å². The highest BCUT2D eigenvalue weighted by atomic mass is 35.5. The number of carbonyl (C=O) groups is 1. The van der Waals surface area contributed by atoms with E-state index >= 15 is 0 Å². The average Bonchev–Trinajstić information content (AvgIpc) is 2.34. The summed E-state index contributed by atoms with van der Waals surface area (Å²) < 4.78 is 0. The van der Waals surface area contributed by atoms with Gasteiger partial charge in [0.25, 0.3) is 5.91 Å². The Balaban J connectivity index is 2.20. The van der Waals surface area contributed by atoms with E-state index in [1.54, 1.807) is 12.1 Å². The van der Waals surface area contributed by atoms with E-state index in [9.17, 15) is 4.79 Å². The van der Waals surface area contributed by atoms with Crippen molar-refractivity contribution in [3.8, 4) is 0 Å². The van der Waals surface area contributed by atoms with Crippen molar-refractivity contribution in [3.05, 3.63) is 27.7 Å². The van der Waals surface area contributed by atoms with Crippen LogP contribution in [0.4, 0.5) is 5.69 Å². The molecule has 1 saturated carbocycles. The molecule has 0 spiro atoms.